The van der Waals surface area contributed by atoms with Gasteiger partial charge in [-0.1, -0.05) is 25.8 Å². The minimum Gasteiger partial charge on any atom is -0.327 e. The van der Waals surface area contributed by atoms with E-state index in [1.165, 1.54) is 31.7 Å². The first-order chi connectivity index (χ1) is 8.57. The Balaban J connectivity index is 2.10. The van der Waals surface area contributed by atoms with Crippen molar-refractivity contribution in [2.24, 2.45) is 11.1 Å². The highest BCUT2D eigenvalue weighted by molar-refractivity contribution is 9.10. The van der Waals surface area contributed by atoms with E-state index in [-0.39, 0.29) is 11.9 Å². The van der Waals surface area contributed by atoms with Crippen LogP contribution in [0.3, 0.4) is 0 Å². The van der Waals surface area contributed by atoms with Gasteiger partial charge in [0.15, 0.2) is 0 Å². The SMILES string of the molecule is CCC1(C(N)Cc2ccc(F)c(Br)c2)CCCC1. The predicted molar refractivity (Wildman–Crippen MR) is 77.0 cm³/mol. The summed E-state index contributed by atoms with van der Waals surface area (Å²) < 4.78 is 13.7. The van der Waals surface area contributed by atoms with Crippen LogP contribution in [0, 0.1) is 11.2 Å². The first-order valence-corrected chi connectivity index (χ1v) is 7.56. The van der Waals surface area contributed by atoms with Crippen LogP contribution in [-0.4, -0.2) is 6.04 Å². The minimum atomic E-state index is -0.210. The van der Waals surface area contributed by atoms with Gasteiger partial charge in [0.05, 0.1) is 4.47 Å². The van der Waals surface area contributed by atoms with Gasteiger partial charge in [-0.25, -0.2) is 4.39 Å². The zero-order chi connectivity index (χ0) is 13.2. The molecule has 1 nitrogen and oxygen atoms in total. The summed E-state index contributed by atoms with van der Waals surface area (Å²) in [5, 5.41) is 0. The van der Waals surface area contributed by atoms with E-state index < -0.39 is 0 Å². The fourth-order valence-electron chi connectivity index (χ4n) is 3.20. The molecule has 1 aliphatic rings. The summed E-state index contributed by atoms with van der Waals surface area (Å²) in [6, 6.07) is 5.40. The fourth-order valence-corrected chi connectivity index (χ4v) is 3.63. The monoisotopic (exact) mass is 313 g/mol. The Kier molecular flexibility index (Phi) is 4.44. The van der Waals surface area contributed by atoms with E-state index >= 15 is 0 Å². The van der Waals surface area contributed by atoms with Gasteiger partial charge in [-0.15, -0.1) is 0 Å². The van der Waals surface area contributed by atoms with Crippen LogP contribution >= 0.6 is 15.9 Å². The Morgan fingerprint density at radius 2 is 2.06 bits per heavy atom. The largest absolute Gasteiger partial charge is 0.327 e. The maximum Gasteiger partial charge on any atom is 0.137 e. The highest BCUT2D eigenvalue weighted by atomic mass is 79.9. The third-order valence-electron chi connectivity index (χ3n) is 4.53. The molecular weight excluding hydrogens is 293 g/mol. The van der Waals surface area contributed by atoms with E-state index in [1.54, 1.807) is 0 Å². The Morgan fingerprint density at radius 1 is 1.39 bits per heavy atom. The van der Waals surface area contributed by atoms with Gasteiger partial charge < -0.3 is 5.73 Å². The van der Waals surface area contributed by atoms with Gasteiger partial charge in [0, 0.05) is 6.04 Å². The molecule has 1 aromatic carbocycles. The van der Waals surface area contributed by atoms with Crippen molar-refractivity contribution in [3.05, 3.63) is 34.1 Å². The van der Waals surface area contributed by atoms with Crippen molar-refractivity contribution in [1.82, 2.24) is 0 Å². The second-order valence-electron chi connectivity index (χ2n) is 5.48. The van der Waals surface area contributed by atoms with Crippen molar-refractivity contribution in [1.29, 1.82) is 0 Å². The van der Waals surface area contributed by atoms with Gasteiger partial charge in [0.2, 0.25) is 0 Å². The van der Waals surface area contributed by atoms with Crippen LogP contribution in [0.4, 0.5) is 4.39 Å². The van der Waals surface area contributed by atoms with Crippen molar-refractivity contribution in [3.8, 4) is 0 Å². The van der Waals surface area contributed by atoms with Crippen molar-refractivity contribution >= 4 is 15.9 Å². The molecule has 1 saturated carbocycles. The van der Waals surface area contributed by atoms with Crippen LogP contribution < -0.4 is 5.73 Å². The average molecular weight is 314 g/mol. The van der Waals surface area contributed by atoms with Crippen molar-refractivity contribution < 1.29 is 4.39 Å². The summed E-state index contributed by atoms with van der Waals surface area (Å²) in [4.78, 5) is 0. The second-order valence-corrected chi connectivity index (χ2v) is 6.34. The zero-order valence-electron chi connectivity index (χ0n) is 10.9. The lowest BCUT2D eigenvalue weighted by atomic mass is 9.74. The Hall–Kier alpha value is -0.410. The van der Waals surface area contributed by atoms with Crippen LogP contribution in [0.25, 0.3) is 0 Å². The van der Waals surface area contributed by atoms with E-state index in [9.17, 15) is 4.39 Å². The molecule has 2 N–H and O–H groups in total. The molecule has 0 heterocycles. The van der Waals surface area contributed by atoms with E-state index in [2.05, 4.69) is 22.9 Å². The summed E-state index contributed by atoms with van der Waals surface area (Å²) >= 11 is 3.23. The number of rotatable bonds is 4. The van der Waals surface area contributed by atoms with Gasteiger partial charge >= 0.3 is 0 Å². The lowest BCUT2D eigenvalue weighted by Crippen LogP contribution is -2.41. The molecule has 0 bridgehead atoms. The normalized spacial score (nSPS) is 20.0. The molecule has 0 spiro atoms. The molecule has 0 aromatic heterocycles. The summed E-state index contributed by atoms with van der Waals surface area (Å²) in [5.74, 6) is -0.210. The number of nitrogens with two attached hydrogens (primary N) is 1. The molecule has 1 atom stereocenters. The zero-order valence-corrected chi connectivity index (χ0v) is 12.5. The van der Waals surface area contributed by atoms with E-state index in [4.69, 9.17) is 5.73 Å². The first-order valence-electron chi connectivity index (χ1n) is 6.77. The van der Waals surface area contributed by atoms with Crippen LogP contribution in [-0.2, 0) is 6.42 Å². The van der Waals surface area contributed by atoms with E-state index in [1.807, 2.05) is 12.1 Å². The van der Waals surface area contributed by atoms with Crippen molar-refractivity contribution in [2.75, 3.05) is 0 Å². The molecule has 100 valence electrons. The van der Waals surface area contributed by atoms with Gasteiger partial charge in [-0.2, -0.15) is 0 Å². The molecule has 0 aliphatic heterocycles. The molecule has 2 rings (SSSR count). The molecule has 1 aliphatic carbocycles. The molecule has 18 heavy (non-hydrogen) atoms. The summed E-state index contributed by atoms with van der Waals surface area (Å²) in [5.41, 5.74) is 7.86. The van der Waals surface area contributed by atoms with Crippen molar-refractivity contribution in [2.45, 2.75) is 51.5 Å². The van der Waals surface area contributed by atoms with E-state index in [0.29, 0.717) is 9.89 Å². The third kappa shape index (κ3) is 2.77. The fraction of sp³-hybridized carbons (Fsp3) is 0.600. The quantitative estimate of drug-likeness (QED) is 0.874. The highest BCUT2D eigenvalue weighted by Crippen LogP contribution is 2.44. The van der Waals surface area contributed by atoms with E-state index in [0.717, 1.165) is 18.4 Å². The maximum absolute atomic E-state index is 13.2. The molecule has 1 unspecified atom stereocenters. The smallest absolute Gasteiger partial charge is 0.137 e. The number of hydrogen-bond acceptors (Lipinski definition) is 1. The Morgan fingerprint density at radius 3 is 2.61 bits per heavy atom. The summed E-state index contributed by atoms with van der Waals surface area (Å²) in [6.07, 6.45) is 7.08. The lowest BCUT2D eigenvalue weighted by Gasteiger charge is -2.34. The molecule has 0 amide bonds. The summed E-state index contributed by atoms with van der Waals surface area (Å²) in [7, 11) is 0. The van der Waals surface area contributed by atoms with Crippen LogP contribution in [0.2, 0.25) is 0 Å². The standard InChI is InChI=1S/C15H21BrFN/c1-2-15(7-3-4-8-15)14(18)10-11-5-6-13(17)12(16)9-11/h5-6,9,14H,2-4,7-8,10,18H2,1H3. The van der Waals surface area contributed by atoms with Gasteiger partial charge in [0.1, 0.15) is 5.82 Å². The second kappa shape index (κ2) is 5.70. The minimum absolute atomic E-state index is 0.183. The molecule has 0 radical (unpaired) electrons. The van der Waals surface area contributed by atoms with Gasteiger partial charge in [-0.05, 0) is 64.7 Å². The van der Waals surface area contributed by atoms with Crippen LogP contribution in [0.1, 0.15) is 44.6 Å². The predicted octanol–water partition coefficient (Wildman–Crippen LogP) is 4.43. The third-order valence-corrected chi connectivity index (χ3v) is 5.14. The Labute approximate surface area is 117 Å². The average Bonchev–Trinajstić information content (AvgIpc) is 2.84. The van der Waals surface area contributed by atoms with Crippen LogP contribution in [0.15, 0.2) is 22.7 Å². The molecular formula is C15H21BrFN. The van der Waals surface area contributed by atoms with Gasteiger partial charge in [0.25, 0.3) is 0 Å². The topological polar surface area (TPSA) is 26.0 Å². The summed E-state index contributed by atoms with van der Waals surface area (Å²) in [6.45, 7) is 2.24. The molecule has 1 aromatic rings. The number of halogens is 2. The lowest BCUT2D eigenvalue weighted by molar-refractivity contribution is 0.219. The van der Waals surface area contributed by atoms with Crippen molar-refractivity contribution in [3.63, 3.8) is 0 Å². The number of benzene rings is 1. The Bertz CT molecular complexity index is 413. The van der Waals surface area contributed by atoms with Crippen LogP contribution in [0.5, 0.6) is 0 Å². The first kappa shape index (κ1) is 14.0. The molecule has 0 saturated heterocycles. The molecule has 1 fully saturated rings. The van der Waals surface area contributed by atoms with Gasteiger partial charge in [-0.3, -0.25) is 0 Å². The number of hydrogen-bond donors (Lipinski definition) is 1. The highest BCUT2D eigenvalue weighted by Gasteiger charge is 2.37. The molecule has 3 heteroatoms. The maximum atomic E-state index is 13.2.